The minimum Gasteiger partial charge on any atom is -0.508 e. The average Bonchev–Trinajstić information content (AvgIpc) is 3.57. The number of para-hydroxylation sites is 1. The lowest BCUT2D eigenvalue weighted by atomic mass is 9.91. The third-order valence-electron chi connectivity index (χ3n) is 7.26. The average molecular weight is 533 g/mol. The highest BCUT2D eigenvalue weighted by Gasteiger charge is 2.34. The Hall–Kier alpha value is -2.82. The third-order valence-corrected chi connectivity index (χ3v) is 9.10. The fraction of sp³-hybridized carbons (Fsp3) is 0.519. The molecule has 1 amide bonds. The van der Waals surface area contributed by atoms with Crippen LogP contribution in [0.15, 0.2) is 53.4 Å². The van der Waals surface area contributed by atoms with Gasteiger partial charge in [-0.05, 0) is 56.0 Å². The summed E-state index contributed by atoms with van der Waals surface area (Å²) >= 11 is 0. The lowest BCUT2D eigenvalue weighted by Crippen LogP contribution is -2.45. The van der Waals surface area contributed by atoms with E-state index >= 15 is 0 Å². The first-order chi connectivity index (χ1) is 17.7. The first-order valence-electron chi connectivity index (χ1n) is 12.9. The number of nitrogens with zero attached hydrogens (tertiary/aromatic N) is 1. The fourth-order valence-corrected chi connectivity index (χ4v) is 6.68. The van der Waals surface area contributed by atoms with Crippen molar-refractivity contribution >= 4 is 16.1 Å². The van der Waals surface area contributed by atoms with Gasteiger partial charge in [-0.1, -0.05) is 31.0 Å². The summed E-state index contributed by atoms with van der Waals surface area (Å²) in [6.45, 7) is 3.06. The van der Waals surface area contributed by atoms with Crippen LogP contribution in [0.1, 0.15) is 50.5 Å². The van der Waals surface area contributed by atoms with Crippen molar-refractivity contribution in [3.8, 4) is 11.5 Å². The van der Waals surface area contributed by atoms with Gasteiger partial charge >= 0.3 is 6.09 Å². The Balaban J connectivity index is 1.62. The van der Waals surface area contributed by atoms with E-state index < -0.39 is 28.1 Å². The van der Waals surface area contributed by atoms with Crippen molar-refractivity contribution in [1.82, 2.24) is 9.62 Å². The predicted molar refractivity (Wildman–Crippen MR) is 138 cm³/mol. The molecular weight excluding hydrogens is 496 g/mol. The molecule has 1 saturated carbocycles. The van der Waals surface area contributed by atoms with Crippen molar-refractivity contribution in [3.05, 3.63) is 54.1 Å². The van der Waals surface area contributed by atoms with Crippen molar-refractivity contribution in [1.29, 1.82) is 0 Å². The van der Waals surface area contributed by atoms with E-state index in [1.54, 1.807) is 31.2 Å². The maximum absolute atomic E-state index is 13.8. The number of benzene rings is 2. The quantitative estimate of drug-likeness (QED) is 0.423. The van der Waals surface area contributed by atoms with Crippen LogP contribution in [0.4, 0.5) is 4.79 Å². The molecule has 2 aromatic carbocycles. The van der Waals surface area contributed by atoms with Gasteiger partial charge in [-0.25, -0.2) is 13.2 Å². The lowest BCUT2D eigenvalue weighted by Gasteiger charge is -2.33. The molecule has 2 fully saturated rings. The van der Waals surface area contributed by atoms with Gasteiger partial charge in [0.1, 0.15) is 17.6 Å². The maximum Gasteiger partial charge on any atom is 0.407 e. The molecule has 10 heteroatoms. The summed E-state index contributed by atoms with van der Waals surface area (Å²) in [7, 11) is -3.92. The van der Waals surface area contributed by atoms with E-state index in [-0.39, 0.29) is 35.0 Å². The van der Waals surface area contributed by atoms with Crippen LogP contribution in [0, 0.1) is 5.92 Å². The first kappa shape index (κ1) is 27.2. The van der Waals surface area contributed by atoms with Crippen molar-refractivity contribution < 1.29 is 32.9 Å². The second-order valence-corrected chi connectivity index (χ2v) is 11.9. The molecule has 1 saturated heterocycles. The largest absolute Gasteiger partial charge is 0.508 e. The summed E-state index contributed by atoms with van der Waals surface area (Å²) in [6, 6.07) is 11.7. The van der Waals surface area contributed by atoms with E-state index in [0.717, 1.165) is 25.7 Å². The molecule has 1 aliphatic carbocycles. The van der Waals surface area contributed by atoms with Crippen molar-refractivity contribution in [2.24, 2.45) is 5.92 Å². The highest BCUT2D eigenvalue weighted by molar-refractivity contribution is 7.89. The number of nitrogens with one attached hydrogen (secondary N) is 1. The maximum atomic E-state index is 13.8. The number of carbonyl (C=O) groups excluding carboxylic acids is 1. The van der Waals surface area contributed by atoms with Crippen LogP contribution in [0.3, 0.4) is 0 Å². The number of phenolic OH excluding ortho intramolecular Hbond substituents is 2. The number of ether oxygens (including phenoxy) is 2. The molecule has 1 unspecified atom stereocenters. The Bertz CT molecular complexity index is 1140. The molecule has 202 valence electrons. The number of rotatable bonds is 10. The minimum absolute atomic E-state index is 0.0163. The Labute approximate surface area is 218 Å². The number of carbonyl (C=O) groups is 1. The van der Waals surface area contributed by atoms with E-state index in [4.69, 9.17) is 9.47 Å². The normalized spacial score (nSPS) is 20.1. The van der Waals surface area contributed by atoms with Gasteiger partial charge < -0.3 is 25.0 Å². The Morgan fingerprint density at radius 3 is 2.46 bits per heavy atom. The van der Waals surface area contributed by atoms with E-state index in [2.05, 4.69) is 5.32 Å². The standard InChI is InChI=1S/C27H36N2O7S/c1-19(28-27(32)36-22-14-15-35-18-22)25(24-8-4-5-9-26(24)31)17-29(16-20-6-2-3-7-20)37(33,34)23-12-10-21(30)11-13-23/h4-5,8-13,19-20,22,25,30-31H,2-3,6-7,14-18H2,1H3,(H,28,32)/t19?,22-,25-/m0/s1. The SMILES string of the molecule is CC(NC(=O)O[C@H]1CCOC1)[C@H](CN(CC1CCCC1)S(=O)(=O)c1ccc(O)cc1)c1ccccc1O. The van der Waals surface area contributed by atoms with Gasteiger partial charge in [0.05, 0.1) is 18.1 Å². The van der Waals surface area contributed by atoms with Gasteiger partial charge in [-0.3, -0.25) is 0 Å². The van der Waals surface area contributed by atoms with E-state index in [0.29, 0.717) is 31.7 Å². The number of amides is 1. The smallest absolute Gasteiger partial charge is 0.407 e. The molecule has 4 rings (SSSR count). The molecule has 3 N–H and O–H groups in total. The summed E-state index contributed by atoms with van der Waals surface area (Å²) in [5, 5.41) is 23.2. The molecule has 2 aliphatic rings. The van der Waals surface area contributed by atoms with Crippen LogP contribution in [0.5, 0.6) is 11.5 Å². The number of alkyl carbamates (subject to hydrolysis) is 1. The lowest BCUT2D eigenvalue weighted by molar-refractivity contribution is 0.0801. The molecule has 0 spiro atoms. The molecular formula is C27H36N2O7S. The number of phenols is 2. The summed E-state index contributed by atoms with van der Waals surface area (Å²) in [6.07, 6.45) is 3.74. The zero-order valence-corrected chi connectivity index (χ0v) is 21.9. The molecule has 3 atom stereocenters. The van der Waals surface area contributed by atoms with Gasteiger partial charge in [0.25, 0.3) is 0 Å². The number of aromatic hydroxyl groups is 2. The van der Waals surface area contributed by atoms with Gasteiger partial charge in [0.15, 0.2) is 0 Å². The monoisotopic (exact) mass is 532 g/mol. The van der Waals surface area contributed by atoms with Crippen molar-refractivity contribution in [2.75, 3.05) is 26.3 Å². The number of hydrogen-bond donors (Lipinski definition) is 3. The van der Waals surface area contributed by atoms with Crippen molar-refractivity contribution in [3.63, 3.8) is 0 Å². The molecule has 9 nitrogen and oxygen atoms in total. The Morgan fingerprint density at radius 2 is 1.81 bits per heavy atom. The van der Waals surface area contributed by atoms with Crippen LogP contribution in [-0.2, 0) is 19.5 Å². The van der Waals surface area contributed by atoms with Crippen LogP contribution in [-0.4, -0.2) is 67.5 Å². The molecule has 0 aromatic heterocycles. The van der Waals surface area contributed by atoms with Gasteiger partial charge in [0, 0.05) is 37.0 Å². The van der Waals surface area contributed by atoms with Crippen molar-refractivity contribution in [2.45, 2.75) is 62.0 Å². The summed E-state index contributed by atoms with van der Waals surface area (Å²) < 4.78 is 39.8. The summed E-state index contributed by atoms with van der Waals surface area (Å²) in [5.74, 6) is -0.312. The highest BCUT2D eigenvalue weighted by Crippen LogP contribution is 2.33. The van der Waals surface area contributed by atoms with Crippen LogP contribution in [0.25, 0.3) is 0 Å². The number of sulfonamides is 1. The molecule has 0 radical (unpaired) electrons. The Kier molecular flexibility index (Phi) is 8.94. The van der Waals surface area contributed by atoms with Gasteiger partial charge in [-0.2, -0.15) is 4.31 Å². The second-order valence-electron chi connectivity index (χ2n) is 9.96. The summed E-state index contributed by atoms with van der Waals surface area (Å²) in [4.78, 5) is 12.7. The van der Waals surface area contributed by atoms with E-state index in [9.17, 15) is 23.4 Å². The molecule has 2 aromatic rings. The second kappa shape index (κ2) is 12.1. The minimum atomic E-state index is -3.92. The van der Waals surface area contributed by atoms with Gasteiger partial charge in [0.2, 0.25) is 10.0 Å². The summed E-state index contributed by atoms with van der Waals surface area (Å²) in [5.41, 5.74) is 0.539. The Morgan fingerprint density at radius 1 is 1.11 bits per heavy atom. The topological polar surface area (TPSA) is 125 Å². The zero-order chi connectivity index (χ0) is 26.4. The molecule has 1 heterocycles. The molecule has 1 aliphatic heterocycles. The highest BCUT2D eigenvalue weighted by atomic mass is 32.2. The third kappa shape index (κ3) is 6.94. The van der Waals surface area contributed by atoms with E-state index in [1.807, 2.05) is 0 Å². The van der Waals surface area contributed by atoms with Gasteiger partial charge in [-0.15, -0.1) is 0 Å². The number of hydrogen-bond acceptors (Lipinski definition) is 7. The van der Waals surface area contributed by atoms with E-state index in [1.165, 1.54) is 28.6 Å². The predicted octanol–water partition coefficient (Wildman–Crippen LogP) is 3.97. The molecule has 0 bridgehead atoms. The zero-order valence-electron chi connectivity index (χ0n) is 21.1. The molecule has 37 heavy (non-hydrogen) atoms. The van der Waals surface area contributed by atoms with Crippen LogP contribution >= 0.6 is 0 Å². The van der Waals surface area contributed by atoms with Crippen LogP contribution in [0.2, 0.25) is 0 Å². The fourth-order valence-electron chi connectivity index (χ4n) is 5.14. The van der Waals surface area contributed by atoms with Crippen LogP contribution < -0.4 is 5.32 Å². The first-order valence-corrected chi connectivity index (χ1v) is 14.3.